The van der Waals surface area contributed by atoms with Gasteiger partial charge in [0.15, 0.2) is 0 Å². The summed E-state index contributed by atoms with van der Waals surface area (Å²) < 4.78 is 12.4. The minimum Gasteiger partial charge on any atom is -0.359 e. The van der Waals surface area contributed by atoms with Crippen LogP contribution in [-0.2, 0) is 4.79 Å². The first-order chi connectivity index (χ1) is 5.68. The second-order valence-corrected chi connectivity index (χ2v) is 2.01. The van der Waals surface area contributed by atoms with E-state index in [1.165, 1.54) is 12.3 Å². The van der Waals surface area contributed by atoms with Gasteiger partial charge in [0.25, 0.3) is 5.91 Å². The zero-order chi connectivity index (χ0) is 8.97. The molecule has 0 aliphatic heterocycles. The van der Waals surface area contributed by atoms with Crippen molar-refractivity contribution in [2.75, 3.05) is 0 Å². The molecule has 1 amide bonds. The molecule has 0 atom stereocenters. The van der Waals surface area contributed by atoms with E-state index in [2.05, 4.69) is 16.8 Å². The Morgan fingerprint density at radius 2 is 2.33 bits per heavy atom. The maximum atomic E-state index is 12.4. The van der Waals surface area contributed by atoms with Gasteiger partial charge in [0.1, 0.15) is 5.82 Å². The molecule has 1 heterocycles. The molecule has 4 heteroatoms. The molecule has 2 N–H and O–H groups in total. The lowest BCUT2D eigenvalue weighted by Crippen LogP contribution is -2.06. The Balaban J connectivity index is 2.92. The average molecular weight is 164 g/mol. The molecule has 0 aliphatic rings. The van der Waals surface area contributed by atoms with Crippen LogP contribution in [0.1, 0.15) is 5.56 Å². The lowest BCUT2D eigenvalue weighted by Gasteiger charge is -1.87. The van der Waals surface area contributed by atoms with Crippen LogP contribution in [0.3, 0.4) is 0 Å². The molecule has 0 radical (unpaired) electrons. The second-order valence-electron chi connectivity index (χ2n) is 2.01. The van der Waals surface area contributed by atoms with Crippen molar-refractivity contribution in [2.24, 2.45) is 5.73 Å². The summed E-state index contributed by atoms with van der Waals surface area (Å²) in [5, 5.41) is 0. The highest BCUT2D eigenvalue weighted by molar-refractivity contribution is 5.92. The van der Waals surface area contributed by atoms with Gasteiger partial charge in [0.05, 0.1) is 6.20 Å². The maximum Gasteiger partial charge on any atom is 0.293 e. The molecule has 0 saturated carbocycles. The Kier molecular flexibility index (Phi) is 2.38. The Morgan fingerprint density at radius 1 is 1.58 bits per heavy atom. The van der Waals surface area contributed by atoms with E-state index in [1.54, 1.807) is 0 Å². The number of amides is 1. The van der Waals surface area contributed by atoms with E-state index in [0.717, 1.165) is 6.20 Å². The molecule has 1 aromatic rings. The summed E-state index contributed by atoms with van der Waals surface area (Å²) in [5.74, 6) is 3.18. The van der Waals surface area contributed by atoms with Crippen LogP contribution in [0.25, 0.3) is 0 Å². The van der Waals surface area contributed by atoms with Crippen molar-refractivity contribution in [3.63, 3.8) is 0 Å². The maximum absolute atomic E-state index is 12.4. The minimum atomic E-state index is -0.751. The van der Waals surface area contributed by atoms with Gasteiger partial charge in [-0.05, 0) is 6.07 Å². The van der Waals surface area contributed by atoms with E-state index in [1.807, 2.05) is 0 Å². The van der Waals surface area contributed by atoms with Gasteiger partial charge >= 0.3 is 0 Å². The SMILES string of the molecule is NC(=O)C#Cc1cncc(F)c1. The van der Waals surface area contributed by atoms with Crippen molar-refractivity contribution >= 4 is 5.91 Å². The topological polar surface area (TPSA) is 56.0 Å². The largest absolute Gasteiger partial charge is 0.359 e. The Labute approximate surface area is 68.4 Å². The van der Waals surface area contributed by atoms with Gasteiger partial charge in [-0.3, -0.25) is 9.78 Å². The molecule has 3 nitrogen and oxygen atoms in total. The molecule has 0 spiro atoms. The lowest BCUT2D eigenvalue weighted by atomic mass is 10.3. The predicted molar refractivity (Wildman–Crippen MR) is 40.3 cm³/mol. The molecule has 0 aliphatic carbocycles. The highest BCUT2D eigenvalue weighted by Crippen LogP contribution is 1.97. The van der Waals surface area contributed by atoms with Crippen molar-refractivity contribution in [1.82, 2.24) is 4.98 Å². The summed E-state index contributed by atoms with van der Waals surface area (Å²) in [6.07, 6.45) is 2.40. The predicted octanol–water partition coefficient (Wildman–Crippen LogP) is 0.0575. The fraction of sp³-hybridized carbons (Fsp3) is 0. The molecular formula is C8H5FN2O. The molecule has 1 aromatic heterocycles. The van der Waals surface area contributed by atoms with Crippen LogP contribution >= 0.6 is 0 Å². The molecular weight excluding hydrogens is 159 g/mol. The number of hydrogen-bond donors (Lipinski definition) is 1. The second kappa shape index (κ2) is 3.49. The number of primary amides is 1. The number of carbonyl (C=O) groups is 1. The standard InChI is InChI=1S/C8H5FN2O/c9-7-3-6(4-11-5-7)1-2-8(10)12/h3-5H,(H2,10,12). The van der Waals surface area contributed by atoms with Crippen LogP contribution in [0.5, 0.6) is 0 Å². The van der Waals surface area contributed by atoms with Gasteiger partial charge < -0.3 is 5.73 Å². The quantitative estimate of drug-likeness (QED) is 0.551. The summed E-state index contributed by atoms with van der Waals surface area (Å²) in [5.41, 5.74) is 5.08. The zero-order valence-corrected chi connectivity index (χ0v) is 6.04. The summed E-state index contributed by atoms with van der Waals surface area (Å²) in [4.78, 5) is 13.7. The molecule has 12 heavy (non-hydrogen) atoms. The number of nitrogens with two attached hydrogens (primary N) is 1. The van der Waals surface area contributed by atoms with E-state index in [0.29, 0.717) is 5.56 Å². The Hall–Kier alpha value is -1.89. The van der Waals surface area contributed by atoms with Crippen LogP contribution in [0.15, 0.2) is 18.5 Å². The molecule has 0 fully saturated rings. The first-order valence-electron chi connectivity index (χ1n) is 3.10. The van der Waals surface area contributed by atoms with Gasteiger partial charge in [-0.1, -0.05) is 5.92 Å². The number of aromatic nitrogens is 1. The fourth-order valence-electron chi connectivity index (χ4n) is 0.614. The summed E-state index contributed by atoms with van der Waals surface area (Å²) in [6, 6.07) is 1.17. The number of pyridine rings is 1. The average Bonchev–Trinajstić information content (AvgIpc) is 2.01. The van der Waals surface area contributed by atoms with E-state index >= 15 is 0 Å². The Bertz CT molecular complexity index is 365. The van der Waals surface area contributed by atoms with Crippen LogP contribution in [0, 0.1) is 17.7 Å². The molecule has 1 rings (SSSR count). The summed E-state index contributed by atoms with van der Waals surface area (Å²) in [6.45, 7) is 0. The van der Waals surface area contributed by atoms with Gasteiger partial charge in [-0.2, -0.15) is 0 Å². The number of carbonyl (C=O) groups excluding carboxylic acids is 1. The fourth-order valence-corrected chi connectivity index (χ4v) is 0.614. The van der Waals surface area contributed by atoms with Crippen LogP contribution in [0.4, 0.5) is 4.39 Å². The van der Waals surface area contributed by atoms with E-state index in [9.17, 15) is 9.18 Å². The van der Waals surface area contributed by atoms with E-state index in [4.69, 9.17) is 5.73 Å². The third-order valence-electron chi connectivity index (χ3n) is 1.03. The van der Waals surface area contributed by atoms with Gasteiger partial charge in [-0.15, -0.1) is 0 Å². The highest BCUT2D eigenvalue weighted by Gasteiger charge is 1.91. The van der Waals surface area contributed by atoms with Crippen molar-refractivity contribution in [1.29, 1.82) is 0 Å². The number of halogens is 1. The van der Waals surface area contributed by atoms with Crippen molar-refractivity contribution < 1.29 is 9.18 Å². The van der Waals surface area contributed by atoms with E-state index in [-0.39, 0.29) is 0 Å². The monoisotopic (exact) mass is 164 g/mol. The molecule has 0 unspecified atom stereocenters. The zero-order valence-electron chi connectivity index (χ0n) is 6.04. The van der Waals surface area contributed by atoms with Crippen molar-refractivity contribution in [3.8, 4) is 11.8 Å². The normalized spacial score (nSPS) is 8.42. The van der Waals surface area contributed by atoms with E-state index < -0.39 is 11.7 Å². The first-order valence-corrected chi connectivity index (χ1v) is 3.10. The highest BCUT2D eigenvalue weighted by atomic mass is 19.1. The van der Waals surface area contributed by atoms with Crippen LogP contribution in [0.2, 0.25) is 0 Å². The van der Waals surface area contributed by atoms with Crippen molar-refractivity contribution in [2.45, 2.75) is 0 Å². The minimum absolute atomic E-state index is 0.328. The molecule has 0 bridgehead atoms. The van der Waals surface area contributed by atoms with Crippen LogP contribution < -0.4 is 5.73 Å². The third kappa shape index (κ3) is 2.39. The number of rotatable bonds is 0. The summed E-state index contributed by atoms with van der Waals surface area (Å²) >= 11 is 0. The van der Waals surface area contributed by atoms with Crippen LogP contribution in [-0.4, -0.2) is 10.9 Å². The van der Waals surface area contributed by atoms with Gasteiger partial charge in [0, 0.05) is 17.7 Å². The number of nitrogens with zero attached hydrogens (tertiary/aromatic N) is 1. The smallest absolute Gasteiger partial charge is 0.293 e. The number of hydrogen-bond acceptors (Lipinski definition) is 2. The molecule has 0 aromatic carbocycles. The molecule has 60 valence electrons. The van der Waals surface area contributed by atoms with Gasteiger partial charge in [0.2, 0.25) is 0 Å². The summed E-state index contributed by atoms with van der Waals surface area (Å²) in [7, 11) is 0. The van der Waals surface area contributed by atoms with Crippen molar-refractivity contribution in [3.05, 3.63) is 29.8 Å². The Morgan fingerprint density at radius 3 is 2.92 bits per heavy atom. The van der Waals surface area contributed by atoms with Gasteiger partial charge in [-0.25, -0.2) is 4.39 Å². The first kappa shape index (κ1) is 8.21. The molecule has 0 saturated heterocycles. The third-order valence-corrected chi connectivity index (χ3v) is 1.03. The lowest BCUT2D eigenvalue weighted by molar-refractivity contribution is -0.112.